The molecular formula is C12H20N4O2. The predicted octanol–water partition coefficient (Wildman–Crippen LogP) is 2.87. The van der Waals surface area contributed by atoms with Gasteiger partial charge in [-0.05, 0) is 25.8 Å². The molecule has 0 saturated carbocycles. The van der Waals surface area contributed by atoms with Crippen LogP contribution in [0.5, 0.6) is 0 Å². The average molecular weight is 252 g/mol. The number of hydrogen-bond acceptors (Lipinski definition) is 5. The van der Waals surface area contributed by atoms with Crippen LogP contribution in [-0.2, 0) is 0 Å². The predicted molar refractivity (Wildman–Crippen MR) is 73.5 cm³/mol. The van der Waals surface area contributed by atoms with Crippen molar-refractivity contribution in [3.8, 4) is 0 Å². The second kappa shape index (κ2) is 5.68. The number of nitrogens with zero attached hydrogens (tertiary/aromatic N) is 1. The number of hydrogen-bond donors (Lipinski definition) is 3. The van der Waals surface area contributed by atoms with Crippen LogP contribution < -0.4 is 16.6 Å². The van der Waals surface area contributed by atoms with E-state index in [1.165, 1.54) is 12.1 Å². The Labute approximate surface area is 107 Å². The lowest BCUT2D eigenvalue weighted by atomic mass is 9.95. The molecule has 0 aliphatic rings. The van der Waals surface area contributed by atoms with Gasteiger partial charge in [-0.15, -0.1) is 0 Å². The third kappa shape index (κ3) is 3.33. The molecule has 18 heavy (non-hydrogen) atoms. The first-order valence-corrected chi connectivity index (χ1v) is 5.98. The maximum atomic E-state index is 10.8. The molecule has 0 saturated heterocycles. The van der Waals surface area contributed by atoms with Crippen LogP contribution >= 0.6 is 0 Å². The van der Waals surface area contributed by atoms with E-state index in [2.05, 4.69) is 31.5 Å². The van der Waals surface area contributed by atoms with Crippen molar-refractivity contribution in [1.82, 2.24) is 0 Å². The molecule has 6 heteroatoms. The number of nitrogens with two attached hydrogens (primary N) is 1. The summed E-state index contributed by atoms with van der Waals surface area (Å²) < 4.78 is 0. The first-order valence-electron chi connectivity index (χ1n) is 5.98. The van der Waals surface area contributed by atoms with Crippen molar-refractivity contribution in [3.63, 3.8) is 0 Å². The number of nitrogen functional groups attached to an aromatic ring is 1. The highest BCUT2D eigenvalue weighted by Gasteiger charge is 2.20. The summed E-state index contributed by atoms with van der Waals surface area (Å²) in [5, 5.41) is 14.2. The average Bonchev–Trinajstić information content (AvgIpc) is 2.38. The minimum Gasteiger partial charge on any atom is -0.380 e. The van der Waals surface area contributed by atoms with Crippen LogP contribution in [0.3, 0.4) is 0 Å². The fourth-order valence-electron chi connectivity index (χ4n) is 1.65. The van der Waals surface area contributed by atoms with E-state index in [0.29, 0.717) is 11.4 Å². The Morgan fingerprint density at radius 2 is 1.83 bits per heavy atom. The molecule has 0 aromatic heterocycles. The number of hydrazine groups is 1. The minimum atomic E-state index is -0.429. The van der Waals surface area contributed by atoms with Gasteiger partial charge in [0.2, 0.25) is 0 Å². The quantitative estimate of drug-likeness (QED) is 0.411. The van der Waals surface area contributed by atoms with Gasteiger partial charge in [-0.2, -0.15) is 0 Å². The van der Waals surface area contributed by atoms with Gasteiger partial charge in [0.05, 0.1) is 10.6 Å². The zero-order valence-corrected chi connectivity index (χ0v) is 11.0. The summed E-state index contributed by atoms with van der Waals surface area (Å²) in [5.74, 6) is 5.32. The standard InChI is InChI=1S/C12H20N4O2/c1-4-12(3,5-2)14-9-6-10(15-13)8-11(7-9)16(17)18/h6-8,14-15H,4-5,13H2,1-3H3. The molecule has 0 aliphatic heterocycles. The van der Waals surface area contributed by atoms with Crippen LogP contribution in [0.25, 0.3) is 0 Å². The Morgan fingerprint density at radius 3 is 2.28 bits per heavy atom. The normalized spacial score (nSPS) is 11.1. The third-order valence-electron chi connectivity index (χ3n) is 3.30. The number of benzene rings is 1. The van der Waals surface area contributed by atoms with E-state index >= 15 is 0 Å². The molecule has 100 valence electrons. The van der Waals surface area contributed by atoms with Crippen LogP contribution in [0, 0.1) is 10.1 Å². The summed E-state index contributed by atoms with van der Waals surface area (Å²) in [5.41, 5.74) is 3.59. The van der Waals surface area contributed by atoms with Gasteiger partial charge in [0, 0.05) is 23.4 Å². The van der Waals surface area contributed by atoms with Gasteiger partial charge in [-0.1, -0.05) is 13.8 Å². The Bertz CT molecular complexity index is 430. The van der Waals surface area contributed by atoms with Gasteiger partial charge in [0.25, 0.3) is 5.69 Å². The van der Waals surface area contributed by atoms with Crippen molar-refractivity contribution < 1.29 is 4.92 Å². The molecule has 0 spiro atoms. The fraction of sp³-hybridized carbons (Fsp3) is 0.500. The van der Waals surface area contributed by atoms with Crippen LogP contribution in [0.1, 0.15) is 33.6 Å². The molecule has 0 amide bonds. The SMILES string of the molecule is CCC(C)(CC)Nc1cc(NN)cc([N+](=O)[O-])c1. The largest absolute Gasteiger partial charge is 0.380 e. The Kier molecular flexibility index (Phi) is 4.49. The van der Waals surface area contributed by atoms with E-state index < -0.39 is 4.92 Å². The van der Waals surface area contributed by atoms with Crippen molar-refractivity contribution >= 4 is 17.1 Å². The maximum Gasteiger partial charge on any atom is 0.273 e. The summed E-state index contributed by atoms with van der Waals surface area (Å²) in [6, 6.07) is 4.68. The van der Waals surface area contributed by atoms with E-state index in [1.54, 1.807) is 6.07 Å². The fourth-order valence-corrected chi connectivity index (χ4v) is 1.65. The van der Waals surface area contributed by atoms with Crippen molar-refractivity contribution in [3.05, 3.63) is 28.3 Å². The summed E-state index contributed by atoms with van der Waals surface area (Å²) >= 11 is 0. The first kappa shape index (κ1) is 14.2. The zero-order valence-electron chi connectivity index (χ0n) is 11.0. The van der Waals surface area contributed by atoms with Crippen LogP contribution in [0.4, 0.5) is 17.1 Å². The molecule has 0 radical (unpaired) electrons. The van der Waals surface area contributed by atoms with Crippen molar-refractivity contribution in [2.24, 2.45) is 5.84 Å². The summed E-state index contributed by atoms with van der Waals surface area (Å²) in [6.45, 7) is 6.24. The zero-order chi connectivity index (χ0) is 13.8. The number of nitrogens with one attached hydrogen (secondary N) is 2. The highest BCUT2D eigenvalue weighted by molar-refractivity contribution is 5.63. The van der Waals surface area contributed by atoms with Gasteiger partial charge in [-0.25, -0.2) is 0 Å². The van der Waals surface area contributed by atoms with Gasteiger partial charge < -0.3 is 10.7 Å². The molecule has 6 nitrogen and oxygen atoms in total. The number of anilines is 2. The lowest BCUT2D eigenvalue weighted by Crippen LogP contribution is -2.32. The van der Waals surface area contributed by atoms with Crippen LogP contribution in [0.2, 0.25) is 0 Å². The topological polar surface area (TPSA) is 93.2 Å². The Morgan fingerprint density at radius 1 is 1.28 bits per heavy atom. The molecule has 0 aliphatic carbocycles. The van der Waals surface area contributed by atoms with Crippen molar-refractivity contribution in [2.45, 2.75) is 39.2 Å². The minimum absolute atomic E-state index is 0.0162. The molecule has 1 aromatic carbocycles. The van der Waals surface area contributed by atoms with Gasteiger partial charge >= 0.3 is 0 Å². The number of nitro groups is 1. The Hall–Kier alpha value is -1.82. The number of nitro benzene ring substituents is 1. The molecule has 0 unspecified atom stereocenters. The molecule has 4 N–H and O–H groups in total. The molecule has 0 heterocycles. The highest BCUT2D eigenvalue weighted by atomic mass is 16.6. The lowest BCUT2D eigenvalue weighted by molar-refractivity contribution is -0.384. The number of rotatable bonds is 6. The van der Waals surface area contributed by atoms with Gasteiger partial charge in [0.15, 0.2) is 0 Å². The van der Waals surface area contributed by atoms with Crippen LogP contribution in [0.15, 0.2) is 18.2 Å². The van der Waals surface area contributed by atoms with E-state index in [4.69, 9.17) is 5.84 Å². The molecular weight excluding hydrogens is 232 g/mol. The summed E-state index contributed by atoms with van der Waals surface area (Å²) in [6.07, 6.45) is 1.86. The lowest BCUT2D eigenvalue weighted by Gasteiger charge is -2.29. The second-order valence-corrected chi connectivity index (χ2v) is 4.56. The molecule has 1 aromatic rings. The van der Waals surface area contributed by atoms with E-state index in [0.717, 1.165) is 12.8 Å². The summed E-state index contributed by atoms with van der Waals surface area (Å²) in [4.78, 5) is 10.4. The van der Waals surface area contributed by atoms with Gasteiger partial charge in [-0.3, -0.25) is 16.0 Å². The molecule has 0 fully saturated rings. The van der Waals surface area contributed by atoms with Crippen LogP contribution in [-0.4, -0.2) is 10.5 Å². The molecule has 0 bridgehead atoms. The maximum absolute atomic E-state index is 10.8. The summed E-state index contributed by atoms with van der Waals surface area (Å²) in [7, 11) is 0. The van der Waals surface area contributed by atoms with Gasteiger partial charge in [0.1, 0.15) is 0 Å². The monoisotopic (exact) mass is 252 g/mol. The molecule has 0 atom stereocenters. The molecule has 1 rings (SSSR count). The van der Waals surface area contributed by atoms with E-state index in [-0.39, 0.29) is 11.2 Å². The van der Waals surface area contributed by atoms with E-state index in [1.807, 2.05) is 0 Å². The first-order chi connectivity index (χ1) is 8.44. The second-order valence-electron chi connectivity index (χ2n) is 4.56. The van der Waals surface area contributed by atoms with Crippen molar-refractivity contribution in [1.29, 1.82) is 0 Å². The third-order valence-corrected chi connectivity index (χ3v) is 3.30. The number of non-ortho nitro benzene ring substituents is 1. The highest BCUT2D eigenvalue weighted by Crippen LogP contribution is 2.28. The Balaban J connectivity index is 3.08. The van der Waals surface area contributed by atoms with Crippen molar-refractivity contribution in [2.75, 3.05) is 10.7 Å². The van der Waals surface area contributed by atoms with E-state index in [9.17, 15) is 10.1 Å². The smallest absolute Gasteiger partial charge is 0.273 e.